The summed E-state index contributed by atoms with van der Waals surface area (Å²) in [5, 5.41) is 15.2. The van der Waals surface area contributed by atoms with Gasteiger partial charge in [-0.2, -0.15) is 10.4 Å². The molecule has 0 bridgehead atoms. The highest BCUT2D eigenvalue weighted by Gasteiger charge is 2.36. The molecule has 0 radical (unpaired) electrons. The highest BCUT2D eigenvalue weighted by atomic mass is 35.5. The number of para-hydroxylation sites is 1. The van der Waals surface area contributed by atoms with Crippen LogP contribution in [0.1, 0.15) is 31.9 Å². The van der Waals surface area contributed by atoms with E-state index in [1.165, 1.54) is 0 Å². The molecule has 2 heterocycles. The molecule has 0 N–H and O–H groups in total. The highest BCUT2D eigenvalue weighted by molar-refractivity contribution is 6.31. The van der Waals surface area contributed by atoms with Gasteiger partial charge in [0.05, 0.1) is 24.5 Å². The fourth-order valence-electron chi connectivity index (χ4n) is 4.63. The number of hydrogen-bond acceptors (Lipinski definition) is 5. The largest absolute Gasteiger partial charge is 0.493 e. The number of benzene rings is 3. The lowest BCUT2D eigenvalue weighted by Crippen LogP contribution is -2.42. The summed E-state index contributed by atoms with van der Waals surface area (Å²) in [6, 6.07) is 26.3. The summed E-state index contributed by atoms with van der Waals surface area (Å²) in [5.74, 6) is 0.00135. The molecule has 42 heavy (non-hydrogen) atoms. The van der Waals surface area contributed by atoms with Crippen molar-refractivity contribution in [3.8, 4) is 28.8 Å². The minimum Gasteiger partial charge on any atom is -0.493 e. The fraction of sp³-hybridized carbons (Fsp3) is 0.176. The fourth-order valence-corrected chi connectivity index (χ4v) is 4.82. The number of nitrogens with zero attached hydrogens (tertiary/aromatic N) is 4. The molecule has 3 aromatic carbocycles. The number of ether oxygens (including phenoxy) is 1. The normalized spacial score (nSPS) is 14.6. The number of halogens is 1. The summed E-state index contributed by atoms with van der Waals surface area (Å²) >= 11 is 6.34. The Labute approximate surface area is 249 Å². The standard InChI is InChI=1S/C34H29ClN4O3/c1-22(2)21-42-28-15-13-24(14-16-28)32-26(20-39(37-32)27-10-5-4-6-11-27)17-29-23(3)30(18-36)34(41)38(33(29)40)19-25-9-7-8-12-31(25)35/h4-17,20,22H,19,21H2,1-3H3/b29-17+. The Kier molecular flexibility index (Phi) is 8.37. The van der Waals surface area contributed by atoms with Crippen molar-refractivity contribution in [1.82, 2.24) is 14.7 Å². The Balaban J connectivity index is 1.60. The molecule has 0 unspecified atom stereocenters. The molecule has 8 heteroatoms. The molecule has 2 amide bonds. The van der Waals surface area contributed by atoms with Gasteiger partial charge in [0, 0.05) is 27.9 Å². The number of carbonyl (C=O) groups excluding carboxylic acids is 2. The van der Waals surface area contributed by atoms with Gasteiger partial charge in [0.25, 0.3) is 11.8 Å². The molecule has 0 atom stereocenters. The first-order valence-corrected chi connectivity index (χ1v) is 14.0. The summed E-state index contributed by atoms with van der Waals surface area (Å²) in [6.07, 6.45) is 3.54. The van der Waals surface area contributed by atoms with E-state index >= 15 is 0 Å². The van der Waals surface area contributed by atoms with Crippen molar-refractivity contribution in [3.63, 3.8) is 0 Å². The van der Waals surface area contributed by atoms with Crippen molar-refractivity contribution in [2.75, 3.05) is 6.61 Å². The second-order valence-electron chi connectivity index (χ2n) is 10.4. The zero-order valence-corrected chi connectivity index (χ0v) is 24.3. The van der Waals surface area contributed by atoms with E-state index in [2.05, 4.69) is 13.8 Å². The van der Waals surface area contributed by atoms with Crippen LogP contribution in [-0.2, 0) is 16.1 Å². The lowest BCUT2D eigenvalue weighted by Gasteiger charge is -2.27. The third-order valence-corrected chi connectivity index (χ3v) is 7.25. The van der Waals surface area contributed by atoms with Crippen LogP contribution in [0.2, 0.25) is 5.02 Å². The molecule has 210 valence electrons. The second-order valence-corrected chi connectivity index (χ2v) is 10.8. The van der Waals surface area contributed by atoms with E-state index in [9.17, 15) is 14.9 Å². The van der Waals surface area contributed by atoms with Gasteiger partial charge >= 0.3 is 0 Å². The molecule has 1 aliphatic rings. The Morgan fingerprint density at radius 3 is 2.33 bits per heavy atom. The minimum atomic E-state index is -0.644. The van der Waals surface area contributed by atoms with Crippen LogP contribution < -0.4 is 4.74 Å². The maximum atomic E-state index is 13.8. The molecule has 1 aromatic heterocycles. The minimum absolute atomic E-state index is 0.0545. The van der Waals surface area contributed by atoms with Crippen LogP contribution in [0.3, 0.4) is 0 Å². The van der Waals surface area contributed by atoms with Crippen LogP contribution in [0.5, 0.6) is 5.75 Å². The van der Waals surface area contributed by atoms with Crippen molar-refractivity contribution < 1.29 is 14.3 Å². The first-order chi connectivity index (χ1) is 20.3. The molecule has 0 aliphatic carbocycles. The Hall–Kier alpha value is -4.93. The van der Waals surface area contributed by atoms with E-state index in [1.807, 2.05) is 66.9 Å². The van der Waals surface area contributed by atoms with Crippen molar-refractivity contribution in [3.05, 3.63) is 118 Å². The molecule has 0 saturated heterocycles. The third-order valence-electron chi connectivity index (χ3n) is 6.89. The van der Waals surface area contributed by atoms with Gasteiger partial charge in [-0.1, -0.05) is 61.8 Å². The lowest BCUT2D eigenvalue weighted by molar-refractivity contribution is -0.141. The smallest absolute Gasteiger partial charge is 0.271 e. The van der Waals surface area contributed by atoms with Gasteiger partial charge in [-0.15, -0.1) is 0 Å². The summed E-state index contributed by atoms with van der Waals surface area (Å²) in [5.41, 5.74) is 4.03. The number of rotatable bonds is 8. The molecule has 0 saturated carbocycles. The molecule has 7 nitrogen and oxygen atoms in total. The number of hydrogen-bond donors (Lipinski definition) is 0. The van der Waals surface area contributed by atoms with Crippen molar-refractivity contribution in [1.29, 1.82) is 5.26 Å². The maximum absolute atomic E-state index is 13.8. The number of aromatic nitrogens is 2. The topological polar surface area (TPSA) is 88.2 Å². The van der Waals surface area contributed by atoms with Crippen molar-refractivity contribution in [2.45, 2.75) is 27.3 Å². The molecule has 5 rings (SSSR count). The second kappa shape index (κ2) is 12.3. The zero-order valence-electron chi connectivity index (χ0n) is 23.5. The first kappa shape index (κ1) is 28.6. The average molecular weight is 577 g/mol. The lowest BCUT2D eigenvalue weighted by atomic mass is 9.93. The molecule has 0 spiro atoms. The van der Waals surface area contributed by atoms with E-state index in [0.717, 1.165) is 21.9 Å². The van der Waals surface area contributed by atoms with E-state index in [0.29, 0.717) is 39.9 Å². The van der Waals surface area contributed by atoms with Gasteiger partial charge in [0.2, 0.25) is 0 Å². The average Bonchev–Trinajstić information content (AvgIpc) is 3.42. The quantitative estimate of drug-likeness (QED) is 0.166. The maximum Gasteiger partial charge on any atom is 0.271 e. The number of carbonyl (C=O) groups is 2. The van der Waals surface area contributed by atoms with Crippen LogP contribution in [0, 0.1) is 17.2 Å². The summed E-state index contributed by atoms with van der Waals surface area (Å²) in [6.45, 7) is 6.36. The SMILES string of the molecule is CC1=C(C#N)C(=O)N(Cc2ccccc2Cl)C(=O)/C1=C/c1cn(-c2ccccc2)nc1-c1ccc(OCC(C)C)cc1. The first-order valence-electron chi connectivity index (χ1n) is 13.6. The predicted molar refractivity (Wildman–Crippen MR) is 163 cm³/mol. The summed E-state index contributed by atoms with van der Waals surface area (Å²) in [7, 11) is 0. The zero-order chi connectivity index (χ0) is 29.8. The molecular weight excluding hydrogens is 548 g/mol. The van der Waals surface area contributed by atoms with Crippen LogP contribution in [0.15, 0.2) is 102 Å². The molecule has 0 fully saturated rings. The van der Waals surface area contributed by atoms with Crippen LogP contribution in [-0.4, -0.2) is 33.1 Å². The molecule has 1 aliphatic heterocycles. The van der Waals surface area contributed by atoms with Crippen LogP contribution in [0.4, 0.5) is 0 Å². The summed E-state index contributed by atoms with van der Waals surface area (Å²) < 4.78 is 7.60. The van der Waals surface area contributed by atoms with E-state index in [1.54, 1.807) is 41.9 Å². The van der Waals surface area contributed by atoms with Gasteiger partial charge < -0.3 is 4.74 Å². The summed E-state index contributed by atoms with van der Waals surface area (Å²) in [4.78, 5) is 28.1. The van der Waals surface area contributed by atoms with Crippen LogP contribution >= 0.6 is 11.6 Å². The van der Waals surface area contributed by atoms with Gasteiger partial charge in [-0.05, 0) is 72.5 Å². The predicted octanol–water partition coefficient (Wildman–Crippen LogP) is 7.02. The Morgan fingerprint density at radius 1 is 0.976 bits per heavy atom. The highest BCUT2D eigenvalue weighted by Crippen LogP contribution is 2.33. The van der Waals surface area contributed by atoms with Crippen molar-refractivity contribution in [2.24, 2.45) is 5.92 Å². The van der Waals surface area contributed by atoms with Crippen molar-refractivity contribution >= 4 is 29.5 Å². The Morgan fingerprint density at radius 2 is 1.67 bits per heavy atom. The van der Waals surface area contributed by atoms with E-state index in [-0.39, 0.29) is 17.7 Å². The number of nitriles is 1. The van der Waals surface area contributed by atoms with Gasteiger partial charge in [-0.3, -0.25) is 14.5 Å². The number of amides is 2. The van der Waals surface area contributed by atoms with E-state index < -0.39 is 11.8 Å². The van der Waals surface area contributed by atoms with Gasteiger partial charge in [0.15, 0.2) is 0 Å². The van der Waals surface area contributed by atoms with E-state index in [4.69, 9.17) is 21.4 Å². The molecule has 4 aromatic rings. The third kappa shape index (κ3) is 5.90. The van der Waals surface area contributed by atoms with Crippen LogP contribution in [0.25, 0.3) is 23.0 Å². The molecular formula is C34H29ClN4O3. The Bertz CT molecular complexity index is 1750. The van der Waals surface area contributed by atoms with Gasteiger partial charge in [-0.25, -0.2) is 4.68 Å². The number of imide groups is 1. The monoisotopic (exact) mass is 576 g/mol. The van der Waals surface area contributed by atoms with Gasteiger partial charge in [0.1, 0.15) is 17.4 Å².